The lowest BCUT2D eigenvalue weighted by Gasteiger charge is -2.25. The zero-order valence-electron chi connectivity index (χ0n) is 14.7. The van der Waals surface area contributed by atoms with Crippen LogP contribution in [-0.4, -0.2) is 23.6 Å². The predicted octanol–water partition coefficient (Wildman–Crippen LogP) is 4.39. The van der Waals surface area contributed by atoms with Gasteiger partial charge in [0.15, 0.2) is 11.5 Å². The van der Waals surface area contributed by atoms with Crippen molar-refractivity contribution in [2.45, 2.75) is 32.4 Å². The van der Waals surface area contributed by atoms with E-state index in [2.05, 4.69) is 5.32 Å². The highest BCUT2D eigenvalue weighted by Crippen LogP contribution is 2.41. The molecule has 1 heterocycles. The van der Waals surface area contributed by atoms with E-state index >= 15 is 0 Å². The molecule has 2 aromatic rings. The number of rotatable bonds is 3. The van der Waals surface area contributed by atoms with Crippen LogP contribution in [0.1, 0.15) is 37.9 Å². The maximum absolute atomic E-state index is 12.3. The van der Waals surface area contributed by atoms with Crippen LogP contribution in [0.25, 0.3) is 0 Å². The van der Waals surface area contributed by atoms with Crippen molar-refractivity contribution in [2.24, 2.45) is 0 Å². The smallest absolute Gasteiger partial charge is 0.408 e. The van der Waals surface area contributed by atoms with Crippen LogP contribution in [0.3, 0.4) is 0 Å². The van der Waals surface area contributed by atoms with Crippen LogP contribution in [0, 0.1) is 0 Å². The summed E-state index contributed by atoms with van der Waals surface area (Å²) < 4.78 is 16.0. The Balaban J connectivity index is 1.98. The Bertz CT molecular complexity index is 814. The SMILES string of the molecule is CC(C)(C)OC(=O)N[C@H](c1ccc(Cl)cc1)c1cc2c(cc1O)OCO2. The van der Waals surface area contributed by atoms with Crippen molar-refractivity contribution in [3.05, 3.63) is 52.5 Å². The number of nitrogens with one attached hydrogen (secondary N) is 1. The van der Waals surface area contributed by atoms with E-state index in [0.717, 1.165) is 5.56 Å². The highest BCUT2D eigenvalue weighted by molar-refractivity contribution is 6.30. The largest absolute Gasteiger partial charge is 0.507 e. The summed E-state index contributed by atoms with van der Waals surface area (Å²) in [6.45, 7) is 5.43. The molecule has 6 nitrogen and oxygen atoms in total. The molecule has 0 spiro atoms. The van der Waals surface area contributed by atoms with Crippen molar-refractivity contribution in [2.75, 3.05) is 6.79 Å². The third-order valence-electron chi connectivity index (χ3n) is 3.70. The summed E-state index contributed by atoms with van der Waals surface area (Å²) in [5.41, 5.74) is 0.544. The van der Waals surface area contributed by atoms with Gasteiger partial charge in [0.05, 0.1) is 6.04 Å². The van der Waals surface area contributed by atoms with Gasteiger partial charge in [0.2, 0.25) is 6.79 Å². The number of carbonyl (C=O) groups is 1. The van der Waals surface area contributed by atoms with Gasteiger partial charge >= 0.3 is 6.09 Å². The Hall–Kier alpha value is -2.60. The number of benzene rings is 2. The number of hydrogen-bond acceptors (Lipinski definition) is 5. The summed E-state index contributed by atoms with van der Waals surface area (Å²) in [5.74, 6) is 0.936. The Morgan fingerprint density at radius 3 is 2.42 bits per heavy atom. The molecule has 0 unspecified atom stereocenters. The van der Waals surface area contributed by atoms with E-state index in [9.17, 15) is 9.90 Å². The first-order valence-corrected chi connectivity index (χ1v) is 8.48. The van der Waals surface area contributed by atoms with Gasteiger partial charge in [-0.1, -0.05) is 23.7 Å². The molecule has 7 heteroatoms. The number of hydrogen-bond donors (Lipinski definition) is 2. The van der Waals surface area contributed by atoms with Gasteiger partial charge in [-0.15, -0.1) is 0 Å². The summed E-state index contributed by atoms with van der Waals surface area (Å²) >= 11 is 5.97. The van der Waals surface area contributed by atoms with Crippen molar-refractivity contribution < 1.29 is 24.1 Å². The van der Waals surface area contributed by atoms with E-state index in [4.69, 9.17) is 25.8 Å². The Morgan fingerprint density at radius 2 is 1.81 bits per heavy atom. The summed E-state index contributed by atoms with van der Waals surface area (Å²) in [4.78, 5) is 12.3. The number of alkyl carbamates (subject to hydrolysis) is 1. The fraction of sp³-hybridized carbons (Fsp3) is 0.316. The van der Waals surface area contributed by atoms with Gasteiger partial charge in [0.25, 0.3) is 0 Å². The number of carbonyl (C=O) groups excluding carboxylic acids is 1. The van der Waals surface area contributed by atoms with E-state index in [0.29, 0.717) is 22.1 Å². The monoisotopic (exact) mass is 377 g/mol. The number of phenols is 1. The molecule has 0 radical (unpaired) electrons. The van der Waals surface area contributed by atoms with E-state index in [1.165, 1.54) is 6.07 Å². The van der Waals surface area contributed by atoms with Gasteiger partial charge in [-0.05, 0) is 44.5 Å². The van der Waals surface area contributed by atoms with Crippen molar-refractivity contribution in [3.8, 4) is 17.2 Å². The molecule has 0 saturated heterocycles. The summed E-state index contributed by atoms with van der Waals surface area (Å²) in [6, 6.07) is 9.43. The number of amides is 1. The van der Waals surface area contributed by atoms with Crippen LogP contribution < -0.4 is 14.8 Å². The zero-order chi connectivity index (χ0) is 18.9. The maximum atomic E-state index is 12.3. The summed E-state index contributed by atoms with van der Waals surface area (Å²) in [7, 11) is 0. The minimum Gasteiger partial charge on any atom is -0.507 e. The quantitative estimate of drug-likeness (QED) is 0.829. The minimum atomic E-state index is -0.656. The molecule has 0 bridgehead atoms. The number of aromatic hydroxyl groups is 1. The van der Waals surface area contributed by atoms with Crippen LogP contribution in [0.5, 0.6) is 17.2 Å². The molecule has 2 aromatic carbocycles. The molecule has 0 aromatic heterocycles. The Morgan fingerprint density at radius 1 is 1.19 bits per heavy atom. The lowest BCUT2D eigenvalue weighted by molar-refractivity contribution is 0.0512. The van der Waals surface area contributed by atoms with Crippen molar-refractivity contribution in [1.29, 1.82) is 0 Å². The predicted molar refractivity (Wildman–Crippen MR) is 96.9 cm³/mol. The van der Waals surface area contributed by atoms with Crippen LogP contribution in [0.4, 0.5) is 4.79 Å². The van der Waals surface area contributed by atoms with Crippen molar-refractivity contribution in [1.82, 2.24) is 5.32 Å². The topological polar surface area (TPSA) is 77.0 Å². The van der Waals surface area contributed by atoms with Crippen molar-refractivity contribution in [3.63, 3.8) is 0 Å². The molecule has 0 saturated carbocycles. The average molecular weight is 378 g/mol. The summed E-state index contributed by atoms with van der Waals surface area (Å²) in [5, 5.41) is 13.8. The molecular formula is C19H20ClNO5. The highest BCUT2D eigenvalue weighted by Gasteiger charge is 2.26. The Kier molecular flexibility index (Phi) is 4.87. The first-order chi connectivity index (χ1) is 12.2. The molecule has 1 amide bonds. The molecule has 2 N–H and O–H groups in total. The molecule has 0 aliphatic carbocycles. The lowest BCUT2D eigenvalue weighted by atomic mass is 9.97. The third kappa shape index (κ3) is 4.14. The van der Waals surface area contributed by atoms with Gasteiger partial charge < -0.3 is 24.6 Å². The first kappa shape index (κ1) is 18.2. The van der Waals surface area contributed by atoms with Gasteiger partial charge in [-0.25, -0.2) is 4.79 Å². The normalized spacial score (nSPS) is 14.0. The lowest BCUT2D eigenvalue weighted by Crippen LogP contribution is -2.35. The first-order valence-electron chi connectivity index (χ1n) is 8.10. The van der Waals surface area contributed by atoms with Crippen LogP contribution in [0.15, 0.2) is 36.4 Å². The average Bonchev–Trinajstić information content (AvgIpc) is 2.98. The van der Waals surface area contributed by atoms with Crippen molar-refractivity contribution >= 4 is 17.7 Å². The molecule has 3 rings (SSSR count). The van der Waals surface area contributed by atoms with Gasteiger partial charge in [0, 0.05) is 16.7 Å². The van der Waals surface area contributed by atoms with Gasteiger partial charge in [-0.3, -0.25) is 0 Å². The second-order valence-corrected chi connectivity index (χ2v) is 7.33. The fourth-order valence-corrected chi connectivity index (χ4v) is 2.73. The number of phenolic OH excluding ortho intramolecular Hbond substituents is 1. The molecule has 0 fully saturated rings. The number of fused-ring (bicyclic) bond motifs is 1. The van der Waals surface area contributed by atoms with Crippen LogP contribution in [0.2, 0.25) is 5.02 Å². The molecule has 1 atom stereocenters. The summed E-state index contributed by atoms with van der Waals surface area (Å²) in [6.07, 6.45) is -0.602. The third-order valence-corrected chi connectivity index (χ3v) is 3.95. The Labute approximate surface area is 156 Å². The molecule has 26 heavy (non-hydrogen) atoms. The molecular weight excluding hydrogens is 358 g/mol. The van der Waals surface area contributed by atoms with Gasteiger partial charge in [0.1, 0.15) is 11.4 Å². The zero-order valence-corrected chi connectivity index (χ0v) is 15.5. The van der Waals surface area contributed by atoms with E-state index in [1.54, 1.807) is 51.1 Å². The molecule has 1 aliphatic heterocycles. The van der Waals surface area contributed by atoms with Crippen LogP contribution in [-0.2, 0) is 4.74 Å². The second-order valence-electron chi connectivity index (χ2n) is 6.90. The maximum Gasteiger partial charge on any atom is 0.408 e. The minimum absolute atomic E-state index is 0.0229. The highest BCUT2D eigenvalue weighted by atomic mass is 35.5. The molecule has 1 aliphatic rings. The van der Waals surface area contributed by atoms with E-state index < -0.39 is 17.7 Å². The fourth-order valence-electron chi connectivity index (χ4n) is 2.60. The molecule has 138 valence electrons. The van der Waals surface area contributed by atoms with Crippen LogP contribution >= 0.6 is 11.6 Å². The van der Waals surface area contributed by atoms with E-state index in [1.807, 2.05) is 0 Å². The van der Waals surface area contributed by atoms with Gasteiger partial charge in [-0.2, -0.15) is 0 Å². The standard InChI is InChI=1S/C19H20ClNO5/c1-19(2,3)26-18(23)21-17(11-4-6-12(20)7-5-11)13-8-15-16(9-14(13)22)25-10-24-15/h4-9,17,22H,10H2,1-3H3,(H,21,23)/t17-/m1/s1. The second kappa shape index (κ2) is 6.96. The number of halogens is 1. The number of ether oxygens (including phenoxy) is 3. The van der Waals surface area contributed by atoms with E-state index in [-0.39, 0.29) is 12.5 Å².